The van der Waals surface area contributed by atoms with Crippen LogP contribution in [0.5, 0.6) is 0 Å². The molecule has 4 heteroatoms. The second kappa shape index (κ2) is 6.55. The van der Waals surface area contributed by atoms with Crippen molar-refractivity contribution in [2.45, 2.75) is 38.3 Å². The molecule has 1 aromatic rings. The highest BCUT2D eigenvalue weighted by Gasteiger charge is 2.22. The summed E-state index contributed by atoms with van der Waals surface area (Å²) in [5.41, 5.74) is 8.17. The van der Waals surface area contributed by atoms with Crippen LogP contribution >= 0.6 is 0 Å². The van der Waals surface area contributed by atoms with Crippen LogP contribution in [-0.2, 0) is 6.54 Å². The summed E-state index contributed by atoms with van der Waals surface area (Å²) in [4.78, 5) is 2.19. The number of hydrogen-bond donors (Lipinski definition) is 2. The fourth-order valence-electron chi connectivity index (χ4n) is 2.73. The van der Waals surface area contributed by atoms with Gasteiger partial charge in [-0.2, -0.15) is 5.26 Å². The third-order valence-electron chi connectivity index (χ3n) is 3.81. The van der Waals surface area contributed by atoms with Gasteiger partial charge in [0.1, 0.15) is 6.07 Å². The minimum Gasteiger partial charge on any atom is -0.394 e. The molecule has 1 heterocycles. The molecule has 0 bridgehead atoms. The highest BCUT2D eigenvalue weighted by molar-refractivity contribution is 5.61. The van der Waals surface area contributed by atoms with E-state index in [4.69, 9.17) is 5.73 Å². The number of anilines is 1. The number of nitriles is 1. The molecule has 0 saturated carbocycles. The van der Waals surface area contributed by atoms with Crippen LogP contribution in [0.2, 0.25) is 0 Å². The minimum atomic E-state index is 0.123. The molecule has 0 radical (unpaired) electrons. The largest absolute Gasteiger partial charge is 0.394 e. The molecule has 0 spiro atoms. The van der Waals surface area contributed by atoms with E-state index in [9.17, 15) is 10.4 Å². The number of nitrogens with zero attached hydrogens (tertiary/aromatic N) is 2. The van der Waals surface area contributed by atoms with Crippen molar-refractivity contribution in [3.8, 4) is 6.07 Å². The van der Waals surface area contributed by atoms with Crippen molar-refractivity contribution in [1.29, 1.82) is 5.26 Å². The molecule has 1 atom stereocenters. The van der Waals surface area contributed by atoms with Crippen molar-refractivity contribution in [2.75, 3.05) is 18.1 Å². The van der Waals surface area contributed by atoms with Gasteiger partial charge in [-0.25, -0.2) is 0 Å². The summed E-state index contributed by atoms with van der Waals surface area (Å²) in [5.74, 6) is 0. The van der Waals surface area contributed by atoms with Crippen LogP contribution < -0.4 is 10.6 Å². The standard InChI is InChI=1S/C15H21N3O/c16-9-12-5-6-15(13(8-12)10-17)18-7-3-1-2-4-14(18)11-19/h5-6,8,14,19H,1-4,7,9,11,16H2. The van der Waals surface area contributed by atoms with Gasteiger partial charge in [-0.05, 0) is 30.5 Å². The molecular formula is C15H21N3O. The van der Waals surface area contributed by atoms with Crippen LogP contribution in [0.4, 0.5) is 5.69 Å². The van der Waals surface area contributed by atoms with E-state index in [1.54, 1.807) is 0 Å². The Bertz CT molecular complexity index is 467. The van der Waals surface area contributed by atoms with Gasteiger partial charge in [0.15, 0.2) is 0 Å². The van der Waals surface area contributed by atoms with E-state index in [0.29, 0.717) is 12.1 Å². The molecule has 1 aliphatic heterocycles. The van der Waals surface area contributed by atoms with Crippen LogP contribution in [0.25, 0.3) is 0 Å². The fourth-order valence-corrected chi connectivity index (χ4v) is 2.73. The summed E-state index contributed by atoms with van der Waals surface area (Å²) >= 11 is 0. The van der Waals surface area contributed by atoms with E-state index >= 15 is 0 Å². The second-order valence-electron chi connectivity index (χ2n) is 5.05. The number of aliphatic hydroxyl groups is 1. The van der Waals surface area contributed by atoms with Gasteiger partial charge in [0.25, 0.3) is 0 Å². The van der Waals surface area contributed by atoms with Crippen molar-refractivity contribution >= 4 is 5.69 Å². The second-order valence-corrected chi connectivity index (χ2v) is 5.05. The smallest absolute Gasteiger partial charge is 0.101 e. The third kappa shape index (κ3) is 3.06. The van der Waals surface area contributed by atoms with Crippen molar-refractivity contribution < 1.29 is 5.11 Å². The van der Waals surface area contributed by atoms with Crippen molar-refractivity contribution in [2.24, 2.45) is 5.73 Å². The lowest BCUT2D eigenvalue weighted by Gasteiger charge is -2.31. The number of rotatable bonds is 3. The quantitative estimate of drug-likeness (QED) is 0.867. The lowest BCUT2D eigenvalue weighted by atomic mass is 10.1. The lowest BCUT2D eigenvalue weighted by molar-refractivity contribution is 0.255. The van der Waals surface area contributed by atoms with Crippen LogP contribution in [0, 0.1) is 11.3 Å². The average molecular weight is 259 g/mol. The van der Waals surface area contributed by atoms with Crippen molar-refractivity contribution in [3.63, 3.8) is 0 Å². The van der Waals surface area contributed by atoms with Crippen LogP contribution in [0.15, 0.2) is 18.2 Å². The molecule has 1 aromatic carbocycles. The predicted molar refractivity (Wildman–Crippen MR) is 75.7 cm³/mol. The topological polar surface area (TPSA) is 73.3 Å². The molecule has 0 amide bonds. The van der Waals surface area contributed by atoms with Gasteiger partial charge in [0.05, 0.1) is 23.9 Å². The van der Waals surface area contributed by atoms with Crippen LogP contribution in [-0.4, -0.2) is 24.3 Å². The first kappa shape index (κ1) is 13.9. The number of aliphatic hydroxyl groups excluding tert-OH is 1. The van der Waals surface area contributed by atoms with E-state index in [1.807, 2.05) is 18.2 Å². The van der Waals surface area contributed by atoms with Gasteiger partial charge in [0, 0.05) is 13.1 Å². The van der Waals surface area contributed by atoms with Gasteiger partial charge < -0.3 is 15.7 Å². The molecule has 2 rings (SSSR count). The molecule has 1 fully saturated rings. The molecule has 102 valence electrons. The molecule has 0 aliphatic carbocycles. The Balaban J connectivity index is 2.35. The molecule has 1 aliphatic rings. The maximum atomic E-state index is 9.57. The van der Waals surface area contributed by atoms with E-state index in [2.05, 4.69) is 11.0 Å². The van der Waals surface area contributed by atoms with Crippen LogP contribution in [0.3, 0.4) is 0 Å². The Kier molecular flexibility index (Phi) is 4.78. The van der Waals surface area contributed by atoms with Crippen LogP contribution in [0.1, 0.15) is 36.8 Å². The Labute approximate surface area is 114 Å². The zero-order valence-electron chi connectivity index (χ0n) is 11.2. The Morgan fingerprint density at radius 1 is 1.37 bits per heavy atom. The van der Waals surface area contributed by atoms with E-state index < -0.39 is 0 Å². The molecule has 3 N–H and O–H groups in total. The monoisotopic (exact) mass is 259 g/mol. The Morgan fingerprint density at radius 3 is 2.89 bits per heavy atom. The normalized spacial score (nSPS) is 19.8. The maximum absolute atomic E-state index is 9.57. The summed E-state index contributed by atoms with van der Waals surface area (Å²) in [6.45, 7) is 1.49. The van der Waals surface area contributed by atoms with Gasteiger partial charge in [-0.15, -0.1) is 0 Å². The molecule has 1 saturated heterocycles. The Morgan fingerprint density at radius 2 is 2.21 bits per heavy atom. The highest BCUT2D eigenvalue weighted by Crippen LogP contribution is 2.27. The highest BCUT2D eigenvalue weighted by atomic mass is 16.3. The van der Waals surface area contributed by atoms with E-state index in [-0.39, 0.29) is 12.6 Å². The third-order valence-corrected chi connectivity index (χ3v) is 3.81. The van der Waals surface area contributed by atoms with Crippen molar-refractivity contribution in [3.05, 3.63) is 29.3 Å². The van der Waals surface area contributed by atoms with E-state index in [1.165, 1.54) is 6.42 Å². The summed E-state index contributed by atoms with van der Waals surface area (Å²) in [5, 5.41) is 18.9. The first-order valence-corrected chi connectivity index (χ1v) is 6.90. The lowest BCUT2D eigenvalue weighted by Crippen LogP contribution is -2.38. The maximum Gasteiger partial charge on any atom is 0.101 e. The summed E-state index contributed by atoms with van der Waals surface area (Å²) < 4.78 is 0. The first-order valence-electron chi connectivity index (χ1n) is 6.90. The fraction of sp³-hybridized carbons (Fsp3) is 0.533. The first-order chi connectivity index (χ1) is 9.30. The SMILES string of the molecule is N#Cc1cc(CN)ccc1N1CCCCCC1CO. The molecule has 19 heavy (non-hydrogen) atoms. The number of benzene rings is 1. The molecule has 1 unspecified atom stereocenters. The molecular weight excluding hydrogens is 238 g/mol. The zero-order chi connectivity index (χ0) is 13.7. The van der Waals surface area contributed by atoms with Gasteiger partial charge in [-0.3, -0.25) is 0 Å². The van der Waals surface area contributed by atoms with Crippen molar-refractivity contribution in [1.82, 2.24) is 0 Å². The number of nitrogens with two attached hydrogens (primary N) is 1. The predicted octanol–water partition coefficient (Wildman–Crippen LogP) is 1.76. The molecule has 0 aromatic heterocycles. The molecule has 4 nitrogen and oxygen atoms in total. The van der Waals surface area contributed by atoms with Gasteiger partial charge in [0.2, 0.25) is 0 Å². The van der Waals surface area contributed by atoms with Gasteiger partial charge >= 0.3 is 0 Å². The van der Waals surface area contributed by atoms with E-state index in [0.717, 1.165) is 37.1 Å². The summed E-state index contributed by atoms with van der Waals surface area (Å²) in [6, 6.07) is 8.17. The Hall–Kier alpha value is -1.57. The van der Waals surface area contributed by atoms with Gasteiger partial charge in [-0.1, -0.05) is 18.9 Å². The zero-order valence-corrected chi connectivity index (χ0v) is 11.2. The number of hydrogen-bond acceptors (Lipinski definition) is 4. The summed E-state index contributed by atoms with van der Waals surface area (Å²) in [6.07, 6.45) is 4.43. The summed E-state index contributed by atoms with van der Waals surface area (Å²) in [7, 11) is 0. The average Bonchev–Trinajstić information content (AvgIpc) is 2.71. The minimum absolute atomic E-state index is 0.123.